The van der Waals surface area contributed by atoms with Crippen LogP contribution in [0, 0.1) is 0 Å². The molecule has 9 nitrogen and oxygen atoms in total. The van der Waals surface area contributed by atoms with Crippen molar-refractivity contribution in [3.05, 3.63) is 0 Å². The van der Waals surface area contributed by atoms with E-state index in [4.69, 9.17) is 35.4 Å². The number of carboxylic acid groups (broad SMARTS) is 2. The van der Waals surface area contributed by atoms with Crippen LogP contribution in [0.3, 0.4) is 0 Å². The Hall–Kier alpha value is 2.03. The molecule has 0 amide bonds. The van der Waals surface area contributed by atoms with Crippen molar-refractivity contribution in [1.29, 1.82) is 0 Å². The minimum absolute atomic E-state index is 0. The fraction of sp³-hybridized carbons (Fsp3) is 0.750. The van der Waals surface area contributed by atoms with Crippen LogP contribution >= 0.6 is 0 Å². The maximum absolute atomic E-state index is 9.98. The number of carbonyl (C=O) groups excluding carboxylic acids is 2. The fourth-order valence-electron chi connectivity index (χ4n) is 0.662. The number of halogens is 1. The van der Waals surface area contributed by atoms with Crippen molar-refractivity contribution in [2.45, 2.75) is 31.3 Å². The molecule has 13 heteroatoms. The zero-order chi connectivity index (χ0) is 14.2. The first-order valence-corrected chi connectivity index (χ1v) is 4.36. The van der Waals surface area contributed by atoms with Gasteiger partial charge in [0.2, 0.25) is 0 Å². The zero-order valence-electron chi connectivity index (χ0n) is 12.3. The molecule has 0 radical (unpaired) electrons. The number of hydrogen-bond acceptors (Lipinski definition) is 9. The van der Waals surface area contributed by atoms with E-state index >= 15 is 0 Å². The van der Waals surface area contributed by atoms with Crippen molar-refractivity contribution in [3.63, 3.8) is 0 Å². The van der Waals surface area contributed by atoms with Crippen LogP contribution in [-0.4, -0.2) is 68.5 Å². The third kappa shape index (κ3) is 22.0. The summed E-state index contributed by atoms with van der Waals surface area (Å²) in [5.74, 6) is -3.06. The van der Waals surface area contributed by atoms with Gasteiger partial charge in [-0.2, -0.15) is 0 Å². The minimum atomic E-state index is -2.31. The van der Waals surface area contributed by atoms with Gasteiger partial charge in [-0.1, -0.05) is 0 Å². The van der Waals surface area contributed by atoms with Crippen LogP contribution in [0.1, 0.15) is 6.92 Å². The second-order valence-corrected chi connectivity index (χ2v) is 2.99. The van der Waals surface area contributed by atoms with Gasteiger partial charge in [0, 0.05) is 5.97 Å². The predicted molar refractivity (Wildman–Crippen MR) is 46.8 cm³/mol. The van der Waals surface area contributed by atoms with Crippen LogP contribution < -0.4 is 111 Å². The summed E-state index contributed by atoms with van der Waals surface area (Å²) in [6.45, 7) is 0.109. The summed E-state index contributed by atoms with van der Waals surface area (Å²) in [6, 6.07) is 0. The van der Waals surface area contributed by atoms with Gasteiger partial charge in [-0.05, 0) is 6.92 Å². The molecule has 0 aromatic heterocycles. The molecular formula is C8H14ClNa3O9. The molecule has 110 valence electrons. The molecule has 0 bridgehead atoms. The van der Waals surface area contributed by atoms with Gasteiger partial charge >= 0.3 is 88.7 Å². The van der Waals surface area contributed by atoms with Crippen molar-refractivity contribution in [3.8, 4) is 0 Å². The van der Waals surface area contributed by atoms with Gasteiger partial charge in [0.1, 0.15) is 24.4 Å². The molecule has 0 heterocycles. The van der Waals surface area contributed by atoms with Crippen LogP contribution in [0.25, 0.3) is 0 Å². The monoisotopic (exact) mass is 358 g/mol. The minimum Gasteiger partial charge on any atom is -1.00 e. The topological polar surface area (TPSA) is 181 Å². The zero-order valence-corrected chi connectivity index (χ0v) is 19.0. The van der Waals surface area contributed by atoms with Crippen molar-refractivity contribution < 1.29 is 146 Å². The number of aliphatic carboxylic acids is 2. The molecule has 4 atom stereocenters. The van der Waals surface area contributed by atoms with Gasteiger partial charge in [0.15, 0.2) is 0 Å². The van der Waals surface area contributed by atoms with Crippen LogP contribution in [-0.2, 0) is 9.59 Å². The molecule has 0 fully saturated rings. The molecule has 0 aromatic rings. The van der Waals surface area contributed by atoms with E-state index in [0.29, 0.717) is 0 Å². The maximum atomic E-state index is 9.98. The van der Waals surface area contributed by atoms with Gasteiger partial charge in [-0.25, -0.2) is 0 Å². The van der Waals surface area contributed by atoms with E-state index in [1.54, 1.807) is 0 Å². The van der Waals surface area contributed by atoms with E-state index in [2.05, 4.69) is 0 Å². The molecule has 0 saturated carbocycles. The van der Waals surface area contributed by atoms with E-state index in [-0.39, 0.29) is 101 Å². The normalized spacial score (nSPS) is 13.8. The second kappa shape index (κ2) is 22.0. The molecular weight excluding hydrogens is 345 g/mol. The van der Waals surface area contributed by atoms with Crippen molar-refractivity contribution in [2.24, 2.45) is 0 Å². The molecule has 0 saturated heterocycles. The number of carboxylic acids is 2. The Morgan fingerprint density at radius 1 is 0.952 bits per heavy atom. The largest absolute Gasteiger partial charge is 1.00 e. The Bertz CT molecular complexity index is 255. The number of carbonyl (C=O) groups is 2. The van der Waals surface area contributed by atoms with Crippen molar-refractivity contribution in [2.75, 3.05) is 6.61 Å². The Morgan fingerprint density at radius 3 is 1.43 bits per heavy atom. The SMILES string of the molecule is CC(=O)[O-].O=C([O-])[C@H](O)[C@@H](O)[C@H](O)[C@H](O)CO.[Cl-].[Na+].[Na+].[Na+]. The standard InChI is InChI=1S/C6H12O7.C2H4O2.ClH.3Na/c7-1-2(8)3(9)4(10)5(11)6(12)13;1-2(3)4;;;;/h2-5,7-11H,1H2,(H,12,13);1H3,(H,3,4);1H;;;/q;;;3*+1/p-3/t2-,3-,4+,5-;;;;;/m1...../s1. The molecule has 21 heavy (non-hydrogen) atoms. The van der Waals surface area contributed by atoms with E-state index in [1.807, 2.05) is 0 Å². The number of hydrogen-bond donors (Lipinski definition) is 5. The molecule has 0 aliphatic rings. The molecule has 0 unspecified atom stereocenters. The van der Waals surface area contributed by atoms with E-state index in [0.717, 1.165) is 6.92 Å². The Kier molecular flexibility index (Phi) is 40.4. The van der Waals surface area contributed by atoms with E-state index < -0.39 is 43.0 Å². The summed E-state index contributed by atoms with van der Waals surface area (Å²) in [4.78, 5) is 18.9. The van der Waals surface area contributed by atoms with E-state index in [9.17, 15) is 9.90 Å². The summed E-state index contributed by atoms with van der Waals surface area (Å²) in [6.07, 6.45) is -8.08. The first-order valence-electron chi connectivity index (χ1n) is 4.36. The summed E-state index contributed by atoms with van der Waals surface area (Å²) >= 11 is 0. The Labute approximate surface area is 194 Å². The number of rotatable bonds is 5. The average Bonchev–Trinajstić information content (AvgIpc) is 2.23. The third-order valence-corrected chi connectivity index (χ3v) is 1.50. The predicted octanol–water partition coefficient (Wildman–Crippen LogP) is -18.1. The molecule has 5 N–H and O–H groups in total. The molecule has 0 aromatic carbocycles. The van der Waals surface area contributed by atoms with Crippen LogP contribution in [0.4, 0.5) is 0 Å². The summed E-state index contributed by atoms with van der Waals surface area (Å²) in [5.41, 5.74) is 0. The van der Waals surface area contributed by atoms with Gasteiger partial charge in [0.25, 0.3) is 0 Å². The van der Waals surface area contributed by atoms with Crippen LogP contribution in [0.5, 0.6) is 0 Å². The van der Waals surface area contributed by atoms with Gasteiger partial charge in [-0.3, -0.25) is 0 Å². The smallest absolute Gasteiger partial charge is 1.00 e. The molecule has 0 rings (SSSR count). The van der Waals surface area contributed by atoms with Gasteiger partial charge in [0.05, 0.1) is 12.6 Å². The molecule has 0 aliphatic carbocycles. The van der Waals surface area contributed by atoms with E-state index in [1.165, 1.54) is 0 Å². The molecule has 0 aliphatic heterocycles. The van der Waals surface area contributed by atoms with Gasteiger partial charge < -0.3 is 57.7 Å². The average molecular weight is 359 g/mol. The molecule has 0 spiro atoms. The first kappa shape index (κ1) is 38.5. The third-order valence-electron chi connectivity index (χ3n) is 1.50. The quantitative estimate of drug-likeness (QED) is 0.298. The van der Waals surface area contributed by atoms with Crippen LogP contribution in [0.2, 0.25) is 0 Å². The van der Waals surface area contributed by atoms with Crippen LogP contribution in [0.15, 0.2) is 0 Å². The van der Waals surface area contributed by atoms with Crippen molar-refractivity contribution >= 4 is 11.9 Å². The number of aliphatic hydroxyl groups is 5. The second-order valence-electron chi connectivity index (χ2n) is 2.99. The summed E-state index contributed by atoms with van der Waals surface area (Å²) in [5, 5.41) is 62.3. The summed E-state index contributed by atoms with van der Waals surface area (Å²) < 4.78 is 0. The van der Waals surface area contributed by atoms with Gasteiger partial charge in [-0.15, -0.1) is 0 Å². The first-order chi connectivity index (χ1) is 7.64. The Balaban J connectivity index is -0.0000000629. The fourth-order valence-corrected chi connectivity index (χ4v) is 0.662. The number of aliphatic hydroxyl groups excluding tert-OH is 5. The Morgan fingerprint density at radius 2 is 1.24 bits per heavy atom. The summed E-state index contributed by atoms with van der Waals surface area (Å²) in [7, 11) is 0. The maximum Gasteiger partial charge on any atom is 1.00 e. The van der Waals surface area contributed by atoms with Crippen molar-refractivity contribution in [1.82, 2.24) is 0 Å².